The third kappa shape index (κ3) is 4.52. The number of carbonyl (C=O) groups is 2. The quantitative estimate of drug-likeness (QED) is 0.619. The summed E-state index contributed by atoms with van der Waals surface area (Å²) in [6, 6.07) is 13.5. The first-order valence-corrected chi connectivity index (χ1v) is 9.34. The number of nitrogens with zero attached hydrogens (tertiary/aromatic N) is 2. The number of hydrogen-bond donors (Lipinski definition) is 0. The number of ether oxygens (including phenoxy) is 1. The second-order valence-electron chi connectivity index (χ2n) is 5.33. The molecule has 3 aromatic rings. The molecule has 128 valence electrons. The Morgan fingerprint density at radius 3 is 2.64 bits per heavy atom. The lowest BCUT2D eigenvalue weighted by Gasteiger charge is -2.16. The van der Waals surface area contributed by atoms with Crippen molar-refractivity contribution in [2.45, 2.75) is 6.54 Å². The second-order valence-corrected chi connectivity index (χ2v) is 7.13. The summed E-state index contributed by atoms with van der Waals surface area (Å²) >= 11 is 2.94. The van der Waals surface area contributed by atoms with Crippen molar-refractivity contribution in [3.05, 3.63) is 64.5 Å². The highest BCUT2D eigenvalue weighted by Crippen LogP contribution is 2.27. The minimum atomic E-state index is -0.583. The minimum Gasteiger partial charge on any atom is -0.451 e. The van der Waals surface area contributed by atoms with E-state index in [9.17, 15) is 9.59 Å². The Hall–Kier alpha value is -2.51. The fourth-order valence-corrected chi connectivity index (χ4v) is 3.74. The van der Waals surface area contributed by atoms with Gasteiger partial charge in [0.15, 0.2) is 12.3 Å². The van der Waals surface area contributed by atoms with E-state index in [4.69, 9.17) is 4.74 Å². The molecule has 0 spiro atoms. The predicted molar refractivity (Wildman–Crippen MR) is 98.6 cm³/mol. The first-order chi connectivity index (χ1) is 12.1. The molecule has 1 amide bonds. The van der Waals surface area contributed by atoms with Gasteiger partial charge in [0.2, 0.25) is 0 Å². The summed E-state index contributed by atoms with van der Waals surface area (Å²) in [4.78, 5) is 31.0. The summed E-state index contributed by atoms with van der Waals surface area (Å²) < 4.78 is 5.10. The van der Waals surface area contributed by atoms with Crippen LogP contribution in [-0.4, -0.2) is 35.4 Å². The SMILES string of the molecule is CN(Cc1ccccc1)C(=O)COC(=O)c1csc(-c2cccs2)n1. The van der Waals surface area contributed by atoms with Gasteiger partial charge in [0, 0.05) is 19.0 Å². The highest BCUT2D eigenvalue weighted by molar-refractivity contribution is 7.20. The van der Waals surface area contributed by atoms with Crippen LogP contribution in [0.4, 0.5) is 0 Å². The monoisotopic (exact) mass is 372 g/mol. The summed E-state index contributed by atoms with van der Waals surface area (Å²) in [6.45, 7) is 0.171. The number of carbonyl (C=O) groups excluding carboxylic acids is 2. The van der Waals surface area contributed by atoms with Crippen molar-refractivity contribution < 1.29 is 14.3 Å². The smallest absolute Gasteiger partial charge is 0.358 e. The van der Waals surface area contributed by atoms with Crippen LogP contribution in [0.25, 0.3) is 9.88 Å². The molecular formula is C18H16N2O3S2. The van der Waals surface area contributed by atoms with Gasteiger partial charge in [-0.05, 0) is 17.0 Å². The number of hydrogen-bond acceptors (Lipinski definition) is 6. The summed E-state index contributed by atoms with van der Waals surface area (Å²) in [6.07, 6.45) is 0. The number of rotatable bonds is 6. The van der Waals surface area contributed by atoms with Gasteiger partial charge in [-0.25, -0.2) is 9.78 Å². The molecule has 0 aliphatic heterocycles. The molecule has 2 heterocycles. The van der Waals surface area contributed by atoms with E-state index >= 15 is 0 Å². The molecule has 5 nitrogen and oxygen atoms in total. The highest BCUT2D eigenvalue weighted by Gasteiger charge is 2.17. The van der Waals surface area contributed by atoms with Gasteiger partial charge in [-0.1, -0.05) is 36.4 Å². The molecular weight excluding hydrogens is 356 g/mol. The number of benzene rings is 1. The molecule has 0 aliphatic carbocycles. The molecule has 0 bridgehead atoms. The van der Waals surface area contributed by atoms with Crippen molar-refractivity contribution in [3.63, 3.8) is 0 Å². The van der Waals surface area contributed by atoms with E-state index in [1.165, 1.54) is 16.2 Å². The lowest BCUT2D eigenvalue weighted by Crippen LogP contribution is -2.30. The van der Waals surface area contributed by atoms with Crippen LogP contribution >= 0.6 is 22.7 Å². The van der Waals surface area contributed by atoms with Gasteiger partial charge in [-0.15, -0.1) is 22.7 Å². The normalized spacial score (nSPS) is 10.4. The van der Waals surface area contributed by atoms with E-state index in [2.05, 4.69) is 4.98 Å². The first-order valence-electron chi connectivity index (χ1n) is 7.58. The van der Waals surface area contributed by atoms with Crippen molar-refractivity contribution in [1.29, 1.82) is 0 Å². The Morgan fingerprint density at radius 2 is 1.92 bits per heavy atom. The van der Waals surface area contributed by atoms with E-state index in [0.29, 0.717) is 6.54 Å². The molecule has 0 atom stereocenters. The minimum absolute atomic E-state index is 0.229. The van der Waals surface area contributed by atoms with Crippen molar-refractivity contribution in [1.82, 2.24) is 9.88 Å². The van der Waals surface area contributed by atoms with Gasteiger partial charge >= 0.3 is 5.97 Å². The average Bonchev–Trinajstić information content (AvgIpc) is 3.31. The predicted octanol–water partition coefficient (Wildman–Crippen LogP) is 3.69. The van der Waals surface area contributed by atoms with E-state index < -0.39 is 5.97 Å². The summed E-state index contributed by atoms with van der Waals surface area (Å²) in [5.74, 6) is -0.841. The maximum absolute atomic E-state index is 12.1. The molecule has 0 fully saturated rings. The van der Waals surface area contributed by atoms with Crippen LogP contribution in [0.1, 0.15) is 16.1 Å². The van der Waals surface area contributed by atoms with E-state index in [1.807, 2.05) is 47.8 Å². The van der Waals surface area contributed by atoms with Crippen LogP contribution < -0.4 is 0 Å². The van der Waals surface area contributed by atoms with Crippen molar-refractivity contribution in [3.8, 4) is 9.88 Å². The van der Waals surface area contributed by atoms with E-state index in [1.54, 1.807) is 23.8 Å². The topological polar surface area (TPSA) is 59.5 Å². The molecule has 1 aromatic carbocycles. The average molecular weight is 372 g/mol. The molecule has 0 aliphatic rings. The Morgan fingerprint density at radius 1 is 1.12 bits per heavy atom. The summed E-state index contributed by atoms with van der Waals surface area (Å²) in [7, 11) is 1.68. The van der Waals surface area contributed by atoms with Gasteiger partial charge in [0.05, 0.1) is 4.88 Å². The van der Waals surface area contributed by atoms with Gasteiger partial charge in [-0.3, -0.25) is 4.79 Å². The second kappa shape index (κ2) is 8.04. The number of likely N-dealkylation sites (N-methyl/N-ethyl adjacent to an activating group) is 1. The van der Waals surface area contributed by atoms with Crippen LogP contribution in [0.5, 0.6) is 0 Å². The van der Waals surface area contributed by atoms with E-state index in [-0.39, 0.29) is 18.2 Å². The van der Waals surface area contributed by atoms with Crippen LogP contribution in [0, 0.1) is 0 Å². The molecule has 3 rings (SSSR count). The van der Waals surface area contributed by atoms with Crippen LogP contribution in [0.2, 0.25) is 0 Å². The van der Waals surface area contributed by atoms with Crippen LogP contribution in [-0.2, 0) is 16.1 Å². The number of esters is 1. The standard InChI is InChI=1S/C18H16N2O3S2/c1-20(10-13-6-3-2-4-7-13)16(21)11-23-18(22)14-12-25-17(19-14)15-8-5-9-24-15/h2-9,12H,10-11H2,1H3. The largest absolute Gasteiger partial charge is 0.451 e. The molecule has 0 N–H and O–H groups in total. The van der Waals surface area contributed by atoms with Crippen LogP contribution in [0.15, 0.2) is 53.2 Å². The molecule has 0 saturated heterocycles. The molecule has 0 unspecified atom stereocenters. The molecule has 25 heavy (non-hydrogen) atoms. The Bertz CT molecular complexity index is 844. The lowest BCUT2D eigenvalue weighted by molar-refractivity contribution is -0.133. The summed E-state index contributed by atoms with van der Waals surface area (Å²) in [5, 5.41) is 4.38. The Balaban J connectivity index is 1.52. The highest BCUT2D eigenvalue weighted by atomic mass is 32.1. The number of aromatic nitrogens is 1. The van der Waals surface area contributed by atoms with Gasteiger partial charge in [0.1, 0.15) is 5.01 Å². The number of thiophene rings is 1. The molecule has 7 heteroatoms. The maximum Gasteiger partial charge on any atom is 0.358 e. The van der Waals surface area contributed by atoms with E-state index in [0.717, 1.165) is 15.4 Å². The van der Waals surface area contributed by atoms with Gasteiger partial charge < -0.3 is 9.64 Å². The van der Waals surface area contributed by atoms with Gasteiger partial charge in [-0.2, -0.15) is 0 Å². The fourth-order valence-electron chi connectivity index (χ4n) is 2.14. The zero-order chi connectivity index (χ0) is 17.6. The Kier molecular flexibility index (Phi) is 5.57. The zero-order valence-corrected chi connectivity index (χ0v) is 15.2. The lowest BCUT2D eigenvalue weighted by atomic mass is 10.2. The van der Waals surface area contributed by atoms with Crippen LogP contribution in [0.3, 0.4) is 0 Å². The number of thiazole rings is 1. The third-order valence-corrected chi connectivity index (χ3v) is 5.34. The van der Waals surface area contributed by atoms with Crippen molar-refractivity contribution in [2.24, 2.45) is 0 Å². The molecule has 0 radical (unpaired) electrons. The first kappa shape index (κ1) is 17.3. The third-order valence-electron chi connectivity index (χ3n) is 3.46. The number of amides is 1. The zero-order valence-electron chi connectivity index (χ0n) is 13.5. The maximum atomic E-state index is 12.1. The van der Waals surface area contributed by atoms with Crippen molar-refractivity contribution in [2.75, 3.05) is 13.7 Å². The Labute approximate surface area is 153 Å². The summed E-state index contributed by atoms with van der Waals surface area (Å²) in [5.41, 5.74) is 1.25. The molecule has 0 saturated carbocycles. The molecule has 2 aromatic heterocycles. The van der Waals surface area contributed by atoms with Crippen molar-refractivity contribution >= 4 is 34.6 Å². The fraction of sp³-hybridized carbons (Fsp3) is 0.167. The van der Waals surface area contributed by atoms with Gasteiger partial charge in [0.25, 0.3) is 5.91 Å².